The average molecular weight is 550 g/mol. The molecule has 0 bridgehead atoms. The zero-order valence-electron chi connectivity index (χ0n) is 20.6. The van der Waals surface area contributed by atoms with Gasteiger partial charge in [0, 0.05) is 12.1 Å². The van der Waals surface area contributed by atoms with Crippen molar-refractivity contribution in [3.8, 4) is 28.8 Å². The van der Waals surface area contributed by atoms with E-state index in [1.54, 1.807) is 6.92 Å². The maximum atomic E-state index is 14.5. The molecule has 1 unspecified atom stereocenters. The molecule has 38 heavy (non-hydrogen) atoms. The van der Waals surface area contributed by atoms with E-state index >= 15 is 0 Å². The highest BCUT2D eigenvalue weighted by Gasteiger charge is 2.23. The second kappa shape index (κ2) is 10.5. The second-order valence-electron chi connectivity index (χ2n) is 7.99. The number of imidazole rings is 1. The molecule has 0 spiro atoms. The van der Waals surface area contributed by atoms with E-state index in [2.05, 4.69) is 15.0 Å². The van der Waals surface area contributed by atoms with Gasteiger partial charge in [0.1, 0.15) is 23.7 Å². The standard InChI is InChI=1S/C24H22ClF2N5O6/c1-10(21(28)33)38-18-7-13(25)15(32-22-20(31-24(32)34)23(36-4)30-11(2)29-22)8-17(18)37-9-12-16(35-3)6-5-14(26)19(12)27/h5-8,10H,9H2,1-4H3,(H2,28,33)(H,31,34). The number of amides is 1. The molecular weight excluding hydrogens is 528 g/mol. The fourth-order valence-corrected chi connectivity index (χ4v) is 3.87. The number of carbonyl (C=O) groups excluding carboxylic acids is 1. The molecule has 14 heteroatoms. The number of H-pyrrole nitrogens is 1. The average Bonchev–Trinajstić information content (AvgIpc) is 3.20. The molecule has 1 atom stereocenters. The number of nitrogens with zero attached hydrogens (tertiary/aromatic N) is 3. The molecule has 0 aliphatic rings. The number of nitrogens with one attached hydrogen (secondary N) is 1. The van der Waals surface area contributed by atoms with Crippen LogP contribution >= 0.6 is 11.6 Å². The molecule has 2 aromatic heterocycles. The molecule has 0 fully saturated rings. The van der Waals surface area contributed by atoms with Crippen molar-refractivity contribution in [3.05, 3.63) is 62.8 Å². The number of carbonyl (C=O) groups is 1. The smallest absolute Gasteiger partial charge is 0.332 e. The number of aryl methyl sites for hydroxylation is 1. The first-order chi connectivity index (χ1) is 18.0. The van der Waals surface area contributed by atoms with Gasteiger partial charge in [-0.2, -0.15) is 4.98 Å². The number of ether oxygens (including phenoxy) is 4. The number of halogens is 3. The first-order valence-electron chi connectivity index (χ1n) is 11.0. The lowest BCUT2D eigenvalue weighted by Gasteiger charge is -2.19. The lowest BCUT2D eigenvalue weighted by Crippen LogP contribution is -2.30. The molecule has 4 aromatic rings. The first-order valence-corrected chi connectivity index (χ1v) is 11.4. The molecule has 0 saturated carbocycles. The van der Waals surface area contributed by atoms with Gasteiger partial charge >= 0.3 is 5.69 Å². The molecule has 0 aliphatic carbocycles. The van der Waals surface area contributed by atoms with Crippen molar-refractivity contribution in [1.29, 1.82) is 0 Å². The van der Waals surface area contributed by atoms with E-state index in [0.717, 1.165) is 10.6 Å². The summed E-state index contributed by atoms with van der Waals surface area (Å²) in [6.07, 6.45) is -1.10. The van der Waals surface area contributed by atoms with Gasteiger partial charge in [0.25, 0.3) is 5.91 Å². The van der Waals surface area contributed by atoms with Crippen LogP contribution in [-0.4, -0.2) is 45.7 Å². The van der Waals surface area contributed by atoms with E-state index in [0.29, 0.717) is 5.82 Å². The summed E-state index contributed by atoms with van der Waals surface area (Å²) < 4.78 is 51.4. The van der Waals surface area contributed by atoms with Gasteiger partial charge in [-0.1, -0.05) is 11.6 Å². The Morgan fingerprint density at radius 1 is 1.16 bits per heavy atom. The van der Waals surface area contributed by atoms with Gasteiger partial charge in [0.05, 0.1) is 30.5 Å². The monoisotopic (exact) mass is 549 g/mol. The minimum atomic E-state index is -1.17. The Hall–Kier alpha value is -4.39. The number of rotatable bonds is 9. The molecular formula is C24H22ClF2N5O6. The van der Waals surface area contributed by atoms with Crippen LogP contribution in [0, 0.1) is 18.6 Å². The van der Waals surface area contributed by atoms with Gasteiger partial charge in [-0.25, -0.2) is 23.1 Å². The Morgan fingerprint density at radius 2 is 1.89 bits per heavy atom. The van der Waals surface area contributed by atoms with Crippen molar-refractivity contribution in [1.82, 2.24) is 19.5 Å². The molecule has 2 aromatic carbocycles. The highest BCUT2D eigenvalue weighted by atomic mass is 35.5. The summed E-state index contributed by atoms with van der Waals surface area (Å²) in [6, 6.07) is 4.79. The summed E-state index contributed by atoms with van der Waals surface area (Å²) in [7, 11) is 2.68. The Kier molecular flexibility index (Phi) is 7.39. The van der Waals surface area contributed by atoms with Crippen LogP contribution in [0.3, 0.4) is 0 Å². The zero-order valence-corrected chi connectivity index (χ0v) is 21.4. The number of aromatic nitrogens is 4. The number of primary amides is 1. The molecule has 2 heterocycles. The maximum absolute atomic E-state index is 14.5. The van der Waals surface area contributed by atoms with Gasteiger partial charge in [-0.3, -0.25) is 9.78 Å². The Labute approximate surface area is 219 Å². The molecule has 200 valence electrons. The maximum Gasteiger partial charge on any atom is 0.332 e. The number of aromatic amines is 1. The summed E-state index contributed by atoms with van der Waals surface area (Å²) >= 11 is 6.52. The van der Waals surface area contributed by atoms with E-state index in [1.807, 2.05) is 0 Å². The number of hydrogen-bond donors (Lipinski definition) is 2. The fraction of sp³-hybridized carbons (Fsp3) is 0.250. The minimum Gasteiger partial charge on any atom is -0.496 e. The van der Waals surface area contributed by atoms with Crippen LogP contribution in [0.1, 0.15) is 18.3 Å². The quantitative estimate of drug-likeness (QED) is 0.324. The number of fused-ring (bicyclic) bond motifs is 1. The van der Waals surface area contributed by atoms with Gasteiger partial charge < -0.3 is 24.7 Å². The van der Waals surface area contributed by atoms with E-state index < -0.39 is 35.9 Å². The van der Waals surface area contributed by atoms with Crippen molar-refractivity contribution < 1.29 is 32.5 Å². The number of nitrogens with two attached hydrogens (primary N) is 1. The van der Waals surface area contributed by atoms with E-state index in [4.69, 9.17) is 36.3 Å². The Morgan fingerprint density at radius 3 is 2.55 bits per heavy atom. The zero-order chi connectivity index (χ0) is 27.7. The van der Waals surface area contributed by atoms with Crippen molar-refractivity contribution in [3.63, 3.8) is 0 Å². The van der Waals surface area contributed by atoms with Gasteiger partial charge in [-0.15, -0.1) is 0 Å². The van der Waals surface area contributed by atoms with E-state index in [1.165, 1.54) is 39.3 Å². The summed E-state index contributed by atoms with van der Waals surface area (Å²) in [5.74, 6) is -2.66. The van der Waals surface area contributed by atoms with Gasteiger partial charge in [0.15, 0.2) is 34.9 Å². The molecule has 1 amide bonds. The second-order valence-corrected chi connectivity index (χ2v) is 8.40. The highest BCUT2D eigenvalue weighted by Crippen LogP contribution is 2.38. The number of methoxy groups -OCH3 is 2. The Balaban J connectivity index is 1.87. The number of benzene rings is 2. The summed E-state index contributed by atoms with van der Waals surface area (Å²) in [5.41, 5.74) is 4.96. The molecule has 0 radical (unpaired) electrons. The van der Waals surface area contributed by atoms with Gasteiger partial charge in [-0.05, 0) is 26.0 Å². The highest BCUT2D eigenvalue weighted by molar-refractivity contribution is 6.32. The normalized spacial score (nSPS) is 11.9. The largest absolute Gasteiger partial charge is 0.496 e. The predicted molar refractivity (Wildman–Crippen MR) is 132 cm³/mol. The van der Waals surface area contributed by atoms with Crippen LogP contribution in [0.25, 0.3) is 16.9 Å². The van der Waals surface area contributed by atoms with Crippen molar-refractivity contribution in [2.45, 2.75) is 26.6 Å². The van der Waals surface area contributed by atoms with Crippen LogP contribution < -0.4 is 30.4 Å². The van der Waals surface area contributed by atoms with Crippen LogP contribution in [0.4, 0.5) is 8.78 Å². The van der Waals surface area contributed by atoms with Crippen molar-refractivity contribution in [2.24, 2.45) is 5.73 Å². The van der Waals surface area contributed by atoms with Crippen LogP contribution in [0.2, 0.25) is 5.02 Å². The third-order valence-corrected chi connectivity index (χ3v) is 5.81. The first kappa shape index (κ1) is 26.7. The third-order valence-electron chi connectivity index (χ3n) is 5.51. The molecule has 0 saturated heterocycles. The minimum absolute atomic E-state index is 0.0109. The SMILES string of the molecule is COc1ccc(F)c(F)c1COc1cc(-n2c(=O)[nH]c3c(OC)nc(C)nc32)c(Cl)cc1OC(C)C(N)=O. The number of hydrogen-bond acceptors (Lipinski definition) is 8. The molecule has 4 rings (SSSR count). The molecule has 0 aliphatic heterocycles. The van der Waals surface area contributed by atoms with Crippen LogP contribution in [0.15, 0.2) is 29.1 Å². The van der Waals surface area contributed by atoms with Gasteiger partial charge in [0.2, 0.25) is 5.88 Å². The van der Waals surface area contributed by atoms with Crippen molar-refractivity contribution >= 4 is 28.7 Å². The fourth-order valence-electron chi connectivity index (χ4n) is 3.63. The summed E-state index contributed by atoms with van der Waals surface area (Å²) in [6.45, 7) is 2.51. The van der Waals surface area contributed by atoms with E-state index in [9.17, 15) is 18.4 Å². The third kappa shape index (κ3) is 4.92. The lowest BCUT2D eigenvalue weighted by molar-refractivity contribution is -0.124. The van der Waals surface area contributed by atoms with Crippen LogP contribution in [0.5, 0.6) is 23.1 Å². The van der Waals surface area contributed by atoms with Crippen LogP contribution in [-0.2, 0) is 11.4 Å². The topological polar surface area (TPSA) is 144 Å². The summed E-state index contributed by atoms with van der Waals surface area (Å²) in [4.78, 5) is 35.7. The molecule has 11 nitrogen and oxygen atoms in total. The molecule has 3 N–H and O–H groups in total. The van der Waals surface area contributed by atoms with Crippen molar-refractivity contribution in [2.75, 3.05) is 14.2 Å². The van der Waals surface area contributed by atoms with E-state index in [-0.39, 0.29) is 50.6 Å². The predicted octanol–water partition coefficient (Wildman–Crippen LogP) is 3.20. The Bertz CT molecular complexity index is 1610. The lowest BCUT2D eigenvalue weighted by atomic mass is 10.2. The summed E-state index contributed by atoms with van der Waals surface area (Å²) in [5, 5.41) is 0.0109.